The third-order valence-corrected chi connectivity index (χ3v) is 2.32. The first kappa shape index (κ1) is 11.9. The van der Waals surface area contributed by atoms with E-state index in [1.165, 1.54) is 0 Å². The molecular formula is C10H22N2O2. The predicted octanol–water partition coefficient (Wildman–Crippen LogP) is -0.0569. The van der Waals surface area contributed by atoms with Gasteiger partial charge in [0.2, 0.25) is 0 Å². The monoisotopic (exact) mass is 202 g/mol. The summed E-state index contributed by atoms with van der Waals surface area (Å²) < 4.78 is 10.9. The molecule has 1 heterocycles. The lowest BCUT2D eigenvalue weighted by Crippen LogP contribution is -2.40. The van der Waals surface area contributed by atoms with Crippen LogP contribution in [0.1, 0.15) is 6.92 Å². The molecule has 1 fully saturated rings. The number of hydrogen-bond acceptors (Lipinski definition) is 4. The van der Waals surface area contributed by atoms with Crippen LogP contribution in [0.3, 0.4) is 0 Å². The van der Waals surface area contributed by atoms with Crippen molar-refractivity contribution in [1.82, 2.24) is 10.2 Å². The first-order chi connectivity index (χ1) is 6.83. The minimum atomic E-state index is 0.260. The van der Waals surface area contributed by atoms with E-state index in [0.717, 1.165) is 46.0 Å². The van der Waals surface area contributed by atoms with Gasteiger partial charge in [-0.15, -0.1) is 0 Å². The molecule has 0 spiro atoms. The Labute approximate surface area is 86.6 Å². The van der Waals surface area contributed by atoms with E-state index in [1.54, 1.807) is 0 Å². The number of ether oxygens (including phenoxy) is 2. The molecule has 1 rings (SSSR count). The van der Waals surface area contributed by atoms with Crippen LogP contribution in [0, 0.1) is 0 Å². The Bertz CT molecular complexity index is 138. The minimum Gasteiger partial charge on any atom is -0.376 e. The quantitative estimate of drug-likeness (QED) is 0.612. The van der Waals surface area contributed by atoms with Gasteiger partial charge in [0.15, 0.2) is 0 Å². The molecule has 4 heteroatoms. The molecule has 1 aliphatic rings. The van der Waals surface area contributed by atoms with Gasteiger partial charge in [0, 0.05) is 19.6 Å². The van der Waals surface area contributed by atoms with Crippen LogP contribution in [0.2, 0.25) is 0 Å². The maximum Gasteiger partial charge on any atom is 0.0936 e. The van der Waals surface area contributed by atoms with Gasteiger partial charge in [0.05, 0.1) is 25.9 Å². The maximum atomic E-state index is 5.57. The van der Waals surface area contributed by atoms with Gasteiger partial charge in [-0.25, -0.2) is 0 Å². The molecule has 0 amide bonds. The second-order valence-corrected chi connectivity index (χ2v) is 3.68. The average Bonchev–Trinajstić information content (AvgIpc) is 2.20. The molecule has 1 unspecified atom stereocenters. The van der Waals surface area contributed by atoms with Crippen molar-refractivity contribution in [3.8, 4) is 0 Å². The summed E-state index contributed by atoms with van der Waals surface area (Å²) in [4.78, 5) is 2.28. The number of nitrogens with zero attached hydrogens (tertiary/aromatic N) is 1. The van der Waals surface area contributed by atoms with Gasteiger partial charge in [-0.05, 0) is 13.6 Å². The van der Waals surface area contributed by atoms with Crippen molar-refractivity contribution >= 4 is 0 Å². The number of likely N-dealkylation sites (N-methyl/N-ethyl adjacent to an activating group) is 2. The van der Waals surface area contributed by atoms with Crippen molar-refractivity contribution in [1.29, 1.82) is 0 Å². The maximum absolute atomic E-state index is 5.57. The second-order valence-electron chi connectivity index (χ2n) is 3.68. The van der Waals surface area contributed by atoms with E-state index in [0.29, 0.717) is 0 Å². The summed E-state index contributed by atoms with van der Waals surface area (Å²) in [5, 5.41) is 3.30. The summed E-state index contributed by atoms with van der Waals surface area (Å²) in [5.74, 6) is 0. The molecule has 0 aromatic rings. The fourth-order valence-electron chi connectivity index (χ4n) is 1.53. The van der Waals surface area contributed by atoms with Gasteiger partial charge >= 0.3 is 0 Å². The molecule has 1 saturated heterocycles. The van der Waals surface area contributed by atoms with Crippen LogP contribution in [-0.4, -0.2) is 64.1 Å². The van der Waals surface area contributed by atoms with Crippen molar-refractivity contribution in [3.63, 3.8) is 0 Å². The van der Waals surface area contributed by atoms with Crippen LogP contribution in [0.5, 0.6) is 0 Å². The predicted molar refractivity (Wildman–Crippen MR) is 56.6 cm³/mol. The third-order valence-electron chi connectivity index (χ3n) is 2.32. The number of nitrogens with one attached hydrogen (secondary N) is 1. The summed E-state index contributed by atoms with van der Waals surface area (Å²) in [6.07, 6.45) is 0.260. The van der Waals surface area contributed by atoms with E-state index in [-0.39, 0.29) is 6.10 Å². The standard InChI is InChI=1S/C10H22N2O2/c1-3-11-4-5-12(2)8-10-9-13-6-7-14-10/h10-11H,3-9H2,1-2H3. The SMILES string of the molecule is CCNCCN(C)CC1COCCO1. The summed E-state index contributed by atoms with van der Waals surface area (Å²) in [5.41, 5.74) is 0. The summed E-state index contributed by atoms with van der Waals surface area (Å²) >= 11 is 0. The van der Waals surface area contributed by atoms with E-state index >= 15 is 0 Å². The first-order valence-electron chi connectivity index (χ1n) is 5.41. The van der Waals surface area contributed by atoms with Crippen LogP contribution in [0.4, 0.5) is 0 Å². The molecular weight excluding hydrogens is 180 g/mol. The fraction of sp³-hybridized carbons (Fsp3) is 1.00. The van der Waals surface area contributed by atoms with E-state index < -0.39 is 0 Å². The largest absolute Gasteiger partial charge is 0.376 e. The van der Waals surface area contributed by atoms with Crippen LogP contribution < -0.4 is 5.32 Å². The lowest BCUT2D eigenvalue weighted by Gasteiger charge is -2.27. The fourth-order valence-corrected chi connectivity index (χ4v) is 1.53. The Hall–Kier alpha value is -0.160. The molecule has 0 aromatic carbocycles. The van der Waals surface area contributed by atoms with Crippen LogP contribution >= 0.6 is 0 Å². The molecule has 1 atom stereocenters. The zero-order valence-corrected chi connectivity index (χ0v) is 9.29. The van der Waals surface area contributed by atoms with Crippen molar-refractivity contribution in [3.05, 3.63) is 0 Å². The lowest BCUT2D eigenvalue weighted by atomic mass is 10.3. The zero-order chi connectivity index (χ0) is 10.2. The Morgan fingerprint density at radius 2 is 2.29 bits per heavy atom. The highest BCUT2D eigenvalue weighted by molar-refractivity contribution is 4.66. The van der Waals surface area contributed by atoms with E-state index in [1.807, 2.05) is 0 Å². The molecule has 4 nitrogen and oxygen atoms in total. The average molecular weight is 202 g/mol. The Morgan fingerprint density at radius 3 is 2.93 bits per heavy atom. The van der Waals surface area contributed by atoms with E-state index in [2.05, 4.69) is 24.2 Å². The normalized spacial score (nSPS) is 22.9. The van der Waals surface area contributed by atoms with Gasteiger partial charge in [-0.2, -0.15) is 0 Å². The highest BCUT2D eigenvalue weighted by Gasteiger charge is 2.15. The summed E-state index contributed by atoms with van der Waals surface area (Å²) in [6.45, 7) is 8.46. The lowest BCUT2D eigenvalue weighted by molar-refractivity contribution is -0.0956. The van der Waals surface area contributed by atoms with Gasteiger partial charge in [-0.3, -0.25) is 0 Å². The van der Waals surface area contributed by atoms with Gasteiger partial charge < -0.3 is 19.7 Å². The Morgan fingerprint density at radius 1 is 1.43 bits per heavy atom. The van der Waals surface area contributed by atoms with Gasteiger partial charge in [-0.1, -0.05) is 6.92 Å². The third kappa shape index (κ3) is 4.91. The van der Waals surface area contributed by atoms with Crippen LogP contribution in [0.25, 0.3) is 0 Å². The second kappa shape index (κ2) is 7.17. The Balaban J connectivity index is 2.03. The molecule has 1 aliphatic heterocycles. The highest BCUT2D eigenvalue weighted by Crippen LogP contribution is 2.01. The number of hydrogen-bond donors (Lipinski definition) is 1. The van der Waals surface area contributed by atoms with Crippen molar-refractivity contribution < 1.29 is 9.47 Å². The summed E-state index contributed by atoms with van der Waals surface area (Å²) in [6, 6.07) is 0. The molecule has 0 saturated carbocycles. The number of rotatable bonds is 6. The van der Waals surface area contributed by atoms with E-state index in [9.17, 15) is 0 Å². The smallest absolute Gasteiger partial charge is 0.0936 e. The van der Waals surface area contributed by atoms with Crippen LogP contribution in [-0.2, 0) is 9.47 Å². The Kier molecular flexibility index (Phi) is 6.10. The zero-order valence-electron chi connectivity index (χ0n) is 9.29. The highest BCUT2D eigenvalue weighted by atomic mass is 16.6. The van der Waals surface area contributed by atoms with E-state index in [4.69, 9.17) is 9.47 Å². The molecule has 1 N–H and O–H groups in total. The van der Waals surface area contributed by atoms with Crippen molar-refractivity contribution in [2.45, 2.75) is 13.0 Å². The van der Waals surface area contributed by atoms with Crippen molar-refractivity contribution in [2.24, 2.45) is 0 Å². The molecule has 0 bridgehead atoms. The van der Waals surface area contributed by atoms with Crippen molar-refractivity contribution in [2.75, 3.05) is 53.0 Å². The molecule has 84 valence electrons. The molecule has 0 aromatic heterocycles. The molecule has 0 radical (unpaired) electrons. The molecule has 0 aliphatic carbocycles. The van der Waals surface area contributed by atoms with Gasteiger partial charge in [0.1, 0.15) is 0 Å². The summed E-state index contributed by atoms with van der Waals surface area (Å²) in [7, 11) is 2.12. The van der Waals surface area contributed by atoms with Crippen LogP contribution in [0.15, 0.2) is 0 Å². The van der Waals surface area contributed by atoms with Gasteiger partial charge in [0.25, 0.3) is 0 Å². The molecule has 14 heavy (non-hydrogen) atoms. The first-order valence-corrected chi connectivity index (χ1v) is 5.41. The topological polar surface area (TPSA) is 33.7 Å². The minimum absolute atomic E-state index is 0.260.